The molecule has 0 spiro atoms. The Morgan fingerprint density at radius 2 is 2.00 bits per heavy atom. The number of Topliss-reactive ketones (excluding diaryl/α,β-unsaturated/α-hetero) is 1. The number of pyridine rings is 1. The van der Waals surface area contributed by atoms with E-state index in [1.807, 2.05) is 0 Å². The van der Waals surface area contributed by atoms with Crippen molar-refractivity contribution in [2.24, 2.45) is 5.92 Å². The standard InChI is InChI=1S/C20H19F4NO3/c1-2-11-6-17(20(22,23)24)25-18(7-11)28-14-5-3-4-12(8-14)19(27)13-9-15(21)16(26)10-13/h3-8,13,15-16,26H,2,9-10H2,1H3/t13?,15-,16-/m1/s1. The Morgan fingerprint density at radius 1 is 1.25 bits per heavy atom. The third kappa shape index (κ3) is 4.49. The maximum absolute atomic E-state index is 13.5. The lowest BCUT2D eigenvalue weighted by Crippen LogP contribution is -2.13. The van der Waals surface area contributed by atoms with Crippen molar-refractivity contribution in [1.82, 2.24) is 4.98 Å². The number of nitrogens with zero attached hydrogens (tertiary/aromatic N) is 1. The van der Waals surface area contributed by atoms with Crippen LogP contribution >= 0.6 is 0 Å². The first-order valence-electron chi connectivity index (χ1n) is 8.89. The fourth-order valence-electron chi connectivity index (χ4n) is 3.21. The van der Waals surface area contributed by atoms with E-state index in [1.165, 1.54) is 30.3 Å². The summed E-state index contributed by atoms with van der Waals surface area (Å²) < 4.78 is 58.0. The molecular weight excluding hydrogens is 378 g/mol. The van der Waals surface area contributed by atoms with Crippen LogP contribution in [0.2, 0.25) is 0 Å². The predicted octanol–water partition coefficient (Wildman–Crippen LogP) is 4.75. The molecule has 28 heavy (non-hydrogen) atoms. The molecule has 1 heterocycles. The van der Waals surface area contributed by atoms with Crippen LogP contribution < -0.4 is 4.74 Å². The van der Waals surface area contributed by atoms with Crippen molar-refractivity contribution in [3.8, 4) is 11.6 Å². The van der Waals surface area contributed by atoms with Gasteiger partial charge in [-0.25, -0.2) is 9.37 Å². The summed E-state index contributed by atoms with van der Waals surface area (Å²) in [7, 11) is 0. The Labute approximate surface area is 159 Å². The first kappa shape index (κ1) is 20.3. The number of aliphatic hydroxyl groups is 1. The normalized spacial score (nSPS) is 22.3. The van der Waals surface area contributed by atoms with Gasteiger partial charge in [-0.1, -0.05) is 19.1 Å². The van der Waals surface area contributed by atoms with Crippen molar-refractivity contribution in [3.05, 3.63) is 53.2 Å². The van der Waals surface area contributed by atoms with Crippen molar-refractivity contribution in [3.63, 3.8) is 0 Å². The van der Waals surface area contributed by atoms with Crippen molar-refractivity contribution in [2.45, 2.75) is 44.6 Å². The van der Waals surface area contributed by atoms with Gasteiger partial charge >= 0.3 is 6.18 Å². The van der Waals surface area contributed by atoms with Gasteiger partial charge in [0.15, 0.2) is 5.78 Å². The second kappa shape index (κ2) is 7.87. The molecule has 1 aliphatic rings. The van der Waals surface area contributed by atoms with Crippen LogP contribution in [0.15, 0.2) is 36.4 Å². The average molecular weight is 397 g/mol. The highest BCUT2D eigenvalue weighted by atomic mass is 19.4. The molecule has 1 fully saturated rings. The molecule has 1 saturated carbocycles. The quantitative estimate of drug-likeness (QED) is 0.585. The average Bonchev–Trinajstić information content (AvgIpc) is 2.99. The molecule has 4 nitrogen and oxygen atoms in total. The number of halogens is 4. The van der Waals surface area contributed by atoms with E-state index < -0.39 is 30.1 Å². The number of ether oxygens (including phenoxy) is 1. The molecule has 3 atom stereocenters. The van der Waals surface area contributed by atoms with Crippen LogP contribution in [0, 0.1) is 5.92 Å². The maximum Gasteiger partial charge on any atom is 0.433 e. The van der Waals surface area contributed by atoms with Gasteiger partial charge in [-0.2, -0.15) is 13.2 Å². The fourth-order valence-corrected chi connectivity index (χ4v) is 3.21. The number of ketones is 1. The number of carbonyl (C=O) groups is 1. The summed E-state index contributed by atoms with van der Waals surface area (Å²) >= 11 is 0. The summed E-state index contributed by atoms with van der Waals surface area (Å²) in [6.07, 6.45) is -6.84. The zero-order valence-corrected chi connectivity index (χ0v) is 15.0. The number of aliphatic hydroxyl groups excluding tert-OH is 1. The van der Waals surface area contributed by atoms with E-state index in [4.69, 9.17) is 4.74 Å². The highest BCUT2D eigenvalue weighted by Crippen LogP contribution is 2.33. The van der Waals surface area contributed by atoms with Crippen molar-refractivity contribution in [1.29, 1.82) is 0 Å². The van der Waals surface area contributed by atoms with Crippen LogP contribution in [-0.2, 0) is 12.6 Å². The van der Waals surface area contributed by atoms with Gasteiger partial charge < -0.3 is 9.84 Å². The smallest absolute Gasteiger partial charge is 0.433 e. The number of hydrogen-bond donors (Lipinski definition) is 1. The minimum atomic E-state index is -4.60. The number of hydrogen-bond acceptors (Lipinski definition) is 4. The zero-order valence-electron chi connectivity index (χ0n) is 15.0. The Bertz CT molecular complexity index is 859. The van der Waals surface area contributed by atoms with E-state index in [0.717, 1.165) is 6.07 Å². The molecule has 1 aromatic carbocycles. The summed E-state index contributed by atoms with van der Waals surface area (Å²) in [6.45, 7) is 1.71. The largest absolute Gasteiger partial charge is 0.439 e. The van der Waals surface area contributed by atoms with Gasteiger partial charge in [0, 0.05) is 17.5 Å². The maximum atomic E-state index is 13.5. The molecule has 0 bridgehead atoms. The third-order valence-electron chi connectivity index (χ3n) is 4.73. The molecule has 0 aliphatic heterocycles. The summed E-state index contributed by atoms with van der Waals surface area (Å²) in [4.78, 5) is 16.0. The molecule has 0 amide bonds. The summed E-state index contributed by atoms with van der Waals surface area (Å²) in [5.74, 6) is -1.05. The Kier molecular flexibility index (Phi) is 5.69. The molecule has 1 aromatic heterocycles. The first-order valence-corrected chi connectivity index (χ1v) is 8.89. The molecule has 8 heteroatoms. The lowest BCUT2D eigenvalue weighted by molar-refractivity contribution is -0.141. The molecule has 2 aromatic rings. The van der Waals surface area contributed by atoms with Crippen LogP contribution in [0.5, 0.6) is 11.6 Å². The van der Waals surface area contributed by atoms with Crippen LogP contribution in [0.25, 0.3) is 0 Å². The monoisotopic (exact) mass is 397 g/mol. The van der Waals surface area contributed by atoms with Gasteiger partial charge in [-0.3, -0.25) is 4.79 Å². The molecule has 1 N–H and O–H groups in total. The first-order chi connectivity index (χ1) is 13.2. The molecule has 150 valence electrons. The van der Waals surface area contributed by atoms with E-state index in [0.29, 0.717) is 12.0 Å². The molecule has 0 radical (unpaired) electrons. The summed E-state index contributed by atoms with van der Waals surface area (Å²) in [6, 6.07) is 8.29. The molecule has 1 unspecified atom stereocenters. The Morgan fingerprint density at radius 3 is 2.61 bits per heavy atom. The van der Waals surface area contributed by atoms with Crippen molar-refractivity contribution >= 4 is 5.78 Å². The number of aryl methyl sites for hydroxylation is 1. The van der Waals surface area contributed by atoms with Crippen molar-refractivity contribution < 1.29 is 32.2 Å². The van der Waals surface area contributed by atoms with Gasteiger partial charge in [0.2, 0.25) is 5.88 Å². The van der Waals surface area contributed by atoms with Gasteiger partial charge in [0.25, 0.3) is 0 Å². The third-order valence-corrected chi connectivity index (χ3v) is 4.73. The molecular formula is C20H19F4NO3. The minimum Gasteiger partial charge on any atom is -0.439 e. The van der Waals surface area contributed by atoms with E-state index >= 15 is 0 Å². The van der Waals surface area contributed by atoms with Crippen LogP contribution in [0.3, 0.4) is 0 Å². The lowest BCUT2D eigenvalue weighted by Gasteiger charge is -2.12. The van der Waals surface area contributed by atoms with Crippen LogP contribution in [0.1, 0.15) is 41.4 Å². The molecule has 3 rings (SSSR count). The highest BCUT2D eigenvalue weighted by Gasteiger charge is 2.37. The Balaban J connectivity index is 1.83. The van der Waals surface area contributed by atoms with E-state index in [2.05, 4.69) is 4.98 Å². The van der Waals surface area contributed by atoms with Gasteiger partial charge in [0.05, 0.1) is 6.10 Å². The fraction of sp³-hybridized carbons (Fsp3) is 0.400. The van der Waals surface area contributed by atoms with E-state index in [-0.39, 0.29) is 35.8 Å². The van der Waals surface area contributed by atoms with Gasteiger partial charge in [-0.05, 0) is 43.0 Å². The van der Waals surface area contributed by atoms with E-state index in [9.17, 15) is 27.5 Å². The predicted molar refractivity (Wildman–Crippen MR) is 93.1 cm³/mol. The van der Waals surface area contributed by atoms with Crippen LogP contribution in [0.4, 0.5) is 17.6 Å². The molecule has 1 aliphatic carbocycles. The van der Waals surface area contributed by atoms with Crippen LogP contribution in [-0.4, -0.2) is 28.1 Å². The van der Waals surface area contributed by atoms with Crippen molar-refractivity contribution in [2.75, 3.05) is 0 Å². The van der Waals surface area contributed by atoms with Gasteiger partial charge in [-0.15, -0.1) is 0 Å². The van der Waals surface area contributed by atoms with Gasteiger partial charge in [0.1, 0.15) is 17.6 Å². The SMILES string of the molecule is CCc1cc(Oc2cccc(C(=O)C3C[C@@H](O)[C@H](F)C3)c2)nc(C(F)(F)F)c1. The number of benzene rings is 1. The Hall–Kier alpha value is -2.48. The summed E-state index contributed by atoms with van der Waals surface area (Å²) in [5.41, 5.74) is -0.395. The molecule has 0 saturated heterocycles. The number of alkyl halides is 4. The number of rotatable bonds is 5. The number of aromatic nitrogens is 1. The second-order valence-electron chi connectivity index (χ2n) is 6.80. The second-order valence-corrected chi connectivity index (χ2v) is 6.80. The topological polar surface area (TPSA) is 59.4 Å². The highest BCUT2D eigenvalue weighted by molar-refractivity contribution is 5.98. The minimum absolute atomic E-state index is 0.0418. The van der Waals surface area contributed by atoms with E-state index in [1.54, 1.807) is 6.92 Å². The summed E-state index contributed by atoms with van der Waals surface area (Å²) in [5, 5.41) is 9.50. The zero-order chi connectivity index (χ0) is 20.5. The number of carbonyl (C=O) groups excluding carboxylic acids is 1. The lowest BCUT2D eigenvalue weighted by atomic mass is 9.96.